The number of piperazine rings is 1. The van der Waals surface area contributed by atoms with Crippen molar-refractivity contribution in [2.45, 2.75) is 19.9 Å². The fraction of sp³-hybridized carbons (Fsp3) is 0.389. The van der Waals surface area contributed by atoms with Crippen molar-refractivity contribution in [3.63, 3.8) is 0 Å². The van der Waals surface area contributed by atoms with Gasteiger partial charge in [-0.15, -0.1) is 11.3 Å². The quantitative estimate of drug-likeness (QED) is 0.903. The smallest absolute Gasteiger partial charge is 0.273 e. The maximum absolute atomic E-state index is 12.6. The Morgan fingerprint density at radius 2 is 1.68 bits per heavy atom. The normalized spacial score (nSPS) is 14.6. The highest BCUT2D eigenvalue weighted by atomic mass is 32.1. The Labute approximate surface area is 151 Å². The molecule has 0 unspecified atom stereocenters. The molecule has 2 aromatic rings. The highest BCUT2D eigenvalue weighted by Gasteiger charge is 2.26. The first-order valence-corrected chi connectivity index (χ1v) is 9.32. The van der Waals surface area contributed by atoms with Crippen LogP contribution in [0, 0.1) is 0 Å². The molecule has 25 heavy (non-hydrogen) atoms. The second kappa shape index (κ2) is 7.76. The lowest BCUT2D eigenvalue weighted by molar-refractivity contribution is 0.0532. The summed E-state index contributed by atoms with van der Waals surface area (Å²) in [5.74, 6) is -0.0656. The fourth-order valence-corrected chi connectivity index (χ4v) is 3.49. The number of rotatable bonds is 4. The summed E-state index contributed by atoms with van der Waals surface area (Å²) < 4.78 is 0. The van der Waals surface area contributed by atoms with Gasteiger partial charge in [0.15, 0.2) is 0 Å². The van der Waals surface area contributed by atoms with E-state index in [1.807, 2.05) is 24.3 Å². The number of hydrogen-bond donors (Lipinski definition) is 1. The number of hydrogen-bond acceptors (Lipinski definition) is 5. The van der Waals surface area contributed by atoms with Crippen LogP contribution in [0.2, 0.25) is 0 Å². The summed E-state index contributed by atoms with van der Waals surface area (Å²) in [4.78, 5) is 32.9. The summed E-state index contributed by atoms with van der Waals surface area (Å²) in [7, 11) is 0. The highest BCUT2D eigenvalue weighted by molar-refractivity contribution is 7.09. The highest BCUT2D eigenvalue weighted by Crippen LogP contribution is 2.15. The monoisotopic (exact) mass is 358 g/mol. The summed E-state index contributed by atoms with van der Waals surface area (Å²) in [6, 6.07) is 7.74. The number of aromatic nitrogens is 1. The van der Waals surface area contributed by atoms with Crippen LogP contribution in [0.25, 0.3) is 0 Å². The average molecular weight is 358 g/mol. The van der Waals surface area contributed by atoms with Crippen LogP contribution in [-0.2, 0) is 13.0 Å². The predicted molar refractivity (Wildman–Crippen MR) is 97.6 cm³/mol. The zero-order valence-corrected chi connectivity index (χ0v) is 15.1. The molecule has 0 spiro atoms. The predicted octanol–water partition coefficient (Wildman–Crippen LogP) is 1.76. The Balaban J connectivity index is 1.59. The molecule has 0 atom stereocenters. The molecule has 2 N–H and O–H groups in total. The minimum absolute atomic E-state index is 0.0221. The van der Waals surface area contributed by atoms with E-state index in [1.165, 1.54) is 16.9 Å². The van der Waals surface area contributed by atoms with E-state index in [0.29, 0.717) is 44.0 Å². The molecule has 0 radical (unpaired) electrons. The minimum atomic E-state index is -0.0876. The second-order valence-corrected chi connectivity index (χ2v) is 6.91. The molecule has 1 aromatic carbocycles. The fourth-order valence-electron chi connectivity index (χ4n) is 2.84. The molecule has 1 aliphatic rings. The van der Waals surface area contributed by atoms with E-state index in [0.717, 1.165) is 11.4 Å². The molecule has 132 valence electrons. The number of nitrogens with zero attached hydrogens (tertiary/aromatic N) is 3. The van der Waals surface area contributed by atoms with Gasteiger partial charge in [0.1, 0.15) is 10.7 Å². The van der Waals surface area contributed by atoms with E-state index < -0.39 is 0 Å². The van der Waals surface area contributed by atoms with Gasteiger partial charge >= 0.3 is 0 Å². The van der Waals surface area contributed by atoms with Crippen LogP contribution >= 0.6 is 11.3 Å². The van der Waals surface area contributed by atoms with E-state index in [2.05, 4.69) is 11.9 Å². The molecule has 0 aliphatic carbocycles. The minimum Gasteiger partial charge on any atom is -0.335 e. The van der Waals surface area contributed by atoms with Crippen molar-refractivity contribution < 1.29 is 9.59 Å². The van der Waals surface area contributed by atoms with Crippen LogP contribution in [0.5, 0.6) is 0 Å². The molecule has 1 aliphatic heterocycles. The van der Waals surface area contributed by atoms with Gasteiger partial charge in [0.05, 0.1) is 0 Å². The van der Waals surface area contributed by atoms with Gasteiger partial charge in [-0.2, -0.15) is 0 Å². The van der Waals surface area contributed by atoms with Crippen LogP contribution in [0.1, 0.15) is 38.3 Å². The number of carbonyl (C=O) groups excluding carboxylic acids is 2. The lowest BCUT2D eigenvalue weighted by Crippen LogP contribution is -2.50. The van der Waals surface area contributed by atoms with E-state index in [9.17, 15) is 9.59 Å². The van der Waals surface area contributed by atoms with Gasteiger partial charge < -0.3 is 15.5 Å². The van der Waals surface area contributed by atoms with Crippen molar-refractivity contribution in [2.24, 2.45) is 5.73 Å². The van der Waals surface area contributed by atoms with E-state index >= 15 is 0 Å². The first kappa shape index (κ1) is 17.6. The van der Waals surface area contributed by atoms with Crippen molar-refractivity contribution in [2.75, 3.05) is 26.2 Å². The van der Waals surface area contributed by atoms with E-state index in [1.54, 1.807) is 15.2 Å². The van der Waals surface area contributed by atoms with Gasteiger partial charge in [-0.05, 0) is 24.1 Å². The van der Waals surface area contributed by atoms with Gasteiger partial charge in [0.2, 0.25) is 0 Å². The van der Waals surface area contributed by atoms with Crippen LogP contribution in [0.4, 0.5) is 0 Å². The molecule has 0 saturated carbocycles. The third-order valence-corrected chi connectivity index (χ3v) is 5.28. The summed E-state index contributed by atoms with van der Waals surface area (Å²) >= 11 is 1.40. The summed E-state index contributed by atoms with van der Waals surface area (Å²) in [5.41, 5.74) is 7.90. The SMILES string of the molecule is CCc1ccc(C(=O)N2CCN(C(=O)c3csc(CN)n3)CC2)cc1. The second-order valence-electron chi connectivity index (χ2n) is 5.97. The van der Waals surface area contributed by atoms with Gasteiger partial charge in [-0.1, -0.05) is 19.1 Å². The van der Waals surface area contributed by atoms with Gasteiger partial charge in [-0.25, -0.2) is 4.98 Å². The molecular weight excluding hydrogens is 336 g/mol. The van der Waals surface area contributed by atoms with Crippen molar-refractivity contribution in [1.82, 2.24) is 14.8 Å². The Morgan fingerprint density at radius 3 is 2.20 bits per heavy atom. The number of carbonyl (C=O) groups is 2. The van der Waals surface area contributed by atoms with Gasteiger partial charge in [0.25, 0.3) is 11.8 Å². The molecule has 1 aromatic heterocycles. The van der Waals surface area contributed by atoms with Gasteiger partial charge in [0, 0.05) is 43.7 Å². The summed E-state index contributed by atoms with van der Waals surface area (Å²) in [5, 5.41) is 2.50. The summed E-state index contributed by atoms with van der Waals surface area (Å²) in [6.07, 6.45) is 0.956. The molecule has 1 fully saturated rings. The maximum atomic E-state index is 12.6. The summed E-state index contributed by atoms with van der Waals surface area (Å²) in [6.45, 7) is 4.55. The Hall–Kier alpha value is -2.25. The number of amides is 2. The number of aryl methyl sites for hydroxylation is 1. The van der Waals surface area contributed by atoms with Crippen molar-refractivity contribution in [3.05, 3.63) is 51.5 Å². The number of nitrogens with two attached hydrogens (primary N) is 1. The van der Waals surface area contributed by atoms with E-state index in [-0.39, 0.29) is 11.8 Å². The maximum Gasteiger partial charge on any atom is 0.273 e. The van der Waals surface area contributed by atoms with Crippen LogP contribution < -0.4 is 5.73 Å². The topological polar surface area (TPSA) is 79.5 Å². The Bertz CT molecular complexity index is 749. The van der Waals surface area contributed by atoms with Crippen LogP contribution in [0.15, 0.2) is 29.6 Å². The van der Waals surface area contributed by atoms with E-state index in [4.69, 9.17) is 5.73 Å². The van der Waals surface area contributed by atoms with Gasteiger partial charge in [-0.3, -0.25) is 9.59 Å². The molecule has 3 rings (SSSR count). The third kappa shape index (κ3) is 3.88. The van der Waals surface area contributed by atoms with Crippen molar-refractivity contribution >= 4 is 23.2 Å². The molecule has 2 heterocycles. The first-order chi connectivity index (χ1) is 12.1. The van der Waals surface area contributed by atoms with Crippen LogP contribution in [-0.4, -0.2) is 52.8 Å². The first-order valence-electron chi connectivity index (χ1n) is 8.44. The van der Waals surface area contributed by atoms with Crippen LogP contribution in [0.3, 0.4) is 0 Å². The average Bonchev–Trinajstić information content (AvgIpc) is 3.16. The number of thiazole rings is 1. The Morgan fingerprint density at radius 1 is 1.08 bits per heavy atom. The molecule has 2 amide bonds. The largest absolute Gasteiger partial charge is 0.335 e. The zero-order chi connectivity index (χ0) is 17.8. The molecule has 7 heteroatoms. The lowest BCUT2D eigenvalue weighted by Gasteiger charge is -2.34. The molecule has 6 nitrogen and oxygen atoms in total. The zero-order valence-electron chi connectivity index (χ0n) is 14.3. The molecule has 1 saturated heterocycles. The van der Waals surface area contributed by atoms with Crippen molar-refractivity contribution in [1.29, 1.82) is 0 Å². The Kier molecular flexibility index (Phi) is 5.45. The third-order valence-electron chi connectivity index (χ3n) is 4.41. The lowest BCUT2D eigenvalue weighted by atomic mass is 10.1. The number of benzene rings is 1. The standard InChI is InChI=1S/C18H22N4O2S/c1-2-13-3-5-14(6-4-13)17(23)21-7-9-22(10-8-21)18(24)15-12-25-16(11-19)20-15/h3-6,12H,2,7-11,19H2,1H3. The molecular formula is C18H22N4O2S. The molecule has 0 bridgehead atoms. The van der Waals surface area contributed by atoms with Crippen molar-refractivity contribution in [3.8, 4) is 0 Å².